The molecule has 0 amide bonds. The molecule has 0 saturated carbocycles. The Morgan fingerprint density at radius 2 is 2.12 bits per heavy atom. The molecule has 6 heteroatoms. The van der Waals surface area contributed by atoms with E-state index in [-0.39, 0.29) is 5.69 Å². The van der Waals surface area contributed by atoms with Gasteiger partial charge in [-0.15, -0.1) is 0 Å². The van der Waals surface area contributed by atoms with Crippen molar-refractivity contribution in [3.63, 3.8) is 0 Å². The largest absolute Gasteiger partial charge is 0.325 e. The number of nitrogens with zero attached hydrogens (tertiary/aromatic N) is 1. The maximum absolute atomic E-state index is 13.0. The molecule has 0 saturated heterocycles. The number of benzene rings is 1. The first-order valence-electron chi connectivity index (χ1n) is 4.67. The molecular weight excluding hydrogens is 218 g/mol. The van der Waals surface area contributed by atoms with Gasteiger partial charge in [-0.2, -0.15) is 0 Å². The molecule has 0 aliphatic carbocycles. The molecule has 1 aromatic rings. The minimum absolute atomic E-state index is 0.0696. The molecule has 1 rings (SSSR count). The Morgan fingerprint density at radius 3 is 2.56 bits per heavy atom. The van der Waals surface area contributed by atoms with Gasteiger partial charge in [-0.3, -0.25) is 10.1 Å². The van der Waals surface area contributed by atoms with E-state index in [4.69, 9.17) is 5.73 Å². The van der Waals surface area contributed by atoms with Crippen LogP contribution < -0.4 is 5.73 Å². The van der Waals surface area contributed by atoms with Crippen molar-refractivity contribution in [1.82, 2.24) is 0 Å². The Kier molecular flexibility index (Phi) is 3.54. The maximum atomic E-state index is 13.0. The van der Waals surface area contributed by atoms with Gasteiger partial charge in [-0.1, -0.05) is 6.07 Å². The molecule has 0 aliphatic heterocycles. The maximum Gasteiger partial charge on any atom is 0.272 e. The molecule has 4 nitrogen and oxygen atoms in total. The number of nitro groups is 1. The molecule has 0 heterocycles. The van der Waals surface area contributed by atoms with Gasteiger partial charge in [0, 0.05) is 18.1 Å². The molecule has 0 unspecified atom stereocenters. The fraction of sp³-hybridized carbons (Fsp3) is 0.400. The van der Waals surface area contributed by atoms with Crippen molar-refractivity contribution in [2.45, 2.75) is 19.3 Å². The minimum Gasteiger partial charge on any atom is -0.325 e. The molecule has 1 aromatic carbocycles. The third-order valence-corrected chi connectivity index (χ3v) is 2.22. The normalized spacial score (nSPS) is 11.5. The molecule has 0 radical (unpaired) electrons. The van der Waals surface area contributed by atoms with Crippen LogP contribution in [0.5, 0.6) is 0 Å². The summed E-state index contributed by atoms with van der Waals surface area (Å²) in [7, 11) is 0. The lowest BCUT2D eigenvalue weighted by Crippen LogP contribution is -2.30. The first kappa shape index (κ1) is 12.5. The molecule has 2 N–H and O–H groups in total. The van der Waals surface area contributed by atoms with Crippen LogP contribution in [0.3, 0.4) is 0 Å². The zero-order chi connectivity index (χ0) is 12.3. The summed E-state index contributed by atoms with van der Waals surface area (Å²) in [5, 5.41) is 10.5. The molecule has 0 atom stereocenters. The number of alkyl halides is 2. The highest BCUT2D eigenvalue weighted by atomic mass is 19.3. The average Bonchev–Trinajstić information content (AvgIpc) is 2.16. The molecule has 0 aromatic heterocycles. The van der Waals surface area contributed by atoms with Crippen LogP contribution in [0.25, 0.3) is 0 Å². The fourth-order valence-electron chi connectivity index (χ4n) is 1.40. The minimum atomic E-state index is -2.97. The highest BCUT2D eigenvalue weighted by molar-refractivity contribution is 5.42. The van der Waals surface area contributed by atoms with E-state index in [1.54, 1.807) is 0 Å². The second-order valence-corrected chi connectivity index (χ2v) is 3.61. The summed E-state index contributed by atoms with van der Waals surface area (Å²) in [6.07, 6.45) is -0.498. The first-order valence-corrected chi connectivity index (χ1v) is 4.67. The van der Waals surface area contributed by atoms with E-state index >= 15 is 0 Å². The molecular formula is C10H12F2N2O2. The second kappa shape index (κ2) is 4.52. The summed E-state index contributed by atoms with van der Waals surface area (Å²) >= 11 is 0. The number of hydrogen-bond acceptors (Lipinski definition) is 3. The lowest BCUT2D eigenvalue weighted by atomic mass is 10.0. The predicted octanol–water partition coefficient (Wildman–Crippen LogP) is 2.04. The average molecular weight is 230 g/mol. The van der Waals surface area contributed by atoms with Gasteiger partial charge < -0.3 is 5.73 Å². The standard InChI is InChI=1S/C10H12F2N2O2/c1-7-4-8(5-10(11,12)6-13)2-3-9(7)14(15)16/h2-4H,5-6,13H2,1H3. The van der Waals surface area contributed by atoms with Gasteiger partial charge in [0.05, 0.1) is 11.5 Å². The number of rotatable bonds is 4. The number of nitro benzene ring substituents is 1. The van der Waals surface area contributed by atoms with Crippen molar-refractivity contribution in [3.8, 4) is 0 Å². The summed E-state index contributed by atoms with van der Waals surface area (Å²) in [6.45, 7) is 0.783. The van der Waals surface area contributed by atoms with E-state index in [0.717, 1.165) is 0 Å². The summed E-state index contributed by atoms with van der Waals surface area (Å²) in [5.74, 6) is -2.97. The molecule has 88 valence electrons. The SMILES string of the molecule is Cc1cc(CC(F)(F)CN)ccc1[N+](=O)[O-]. The van der Waals surface area contributed by atoms with Gasteiger partial charge in [0.1, 0.15) is 0 Å². The Balaban J connectivity index is 2.94. The van der Waals surface area contributed by atoms with E-state index in [0.29, 0.717) is 11.1 Å². The lowest BCUT2D eigenvalue weighted by molar-refractivity contribution is -0.385. The zero-order valence-electron chi connectivity index (χ0n) is 8.74. The van der Waals surface area contributed by atoms with Gasteiger partial charge in [0.2, 0.25) is 0 Å². The molecule has 0 aliphatic rings. The number of nitrogens with two attached hydrogens (primary N) is 1. The Hall–Kier alpha value is -1.56. The summed E-state index contributed by atoms with van der Waals surface area (Å²) in [6, 6.07) is 3.95. The van der Waals surface area contributed by atoms with Crippen LogP contribution in [0.1, 0.15) is 11.1 Å². The predicted molar refractivity (Wildman–Crippen MR) is 55.5 cm³/mol. The van der Waals surface area contributed by atoms with Crippen molar-refractivity contribution in [2.75, 3.05) is 6.54 Å². The van der Waals surface area contributed by atoms with E-state index in [9.17, 15) is 18.9 Å². The van der Waals surface area contributed by atoms with E-state index in [2.05, 4.69) is 0 Å². The van der Waals surface area contributed by atoms with Crippen LogP contribution in [0.2, 0.25) is 0 Å². The van der Waals surface area contributed by atoms with Gasteiger partial charge in [0.25, 0.3) is 11.6 Å². The number of hydrogen-bond donors (Lipinski definition) is 1. The third-order valence-electron chi connectivity index (χ3n) is 2.22. The van der Waals surface area contributed by atoms with Crippen LogP contribution in [0.4, 0.5) is 14.5 Å². The first-order chi connectivity index (χ1) is 7.35. The highest BCUT2D eigenvalue weighted by Crippen LogP contribution is 2.23. The zero-order valence-corrected chi connectivity index (χ0v) is 8.74. The van der Waals surface area contributed by atoms with Gasteiger partial charge in [0.15, 0.2) is 0 Å². The van der Waals surface area contributed by atoms with Crippen LogP contribution in [0.15, 0.2) is 18.2 Å². The third kappa shape index (κ3) is 2.96. The van der Waals surface area contributed by atoms with Gasteiger partial charge in [-0.25, -0.2) is 8.78 Å². The van der Waals surface area contributed by atoms with Crippen LogP contribution in [0, 0.1) is 17.0 Å². The molecule has 0 fully saturated rings. The van der Waals surface area contributed by atoms with E-state index in [1.165, 1.54) is 25.1 Å². The van der Waals surface area contributed by atoms with Crippen molar-refractivity contribution in [1.29, 1.82) is 0 Å². The lowest BCUT2D eigenvalue weighted by Gasteiger charge is -2.13. The van der Waals surface area contributed by atoms with Crippen LogP contribution in [-0.4, -0.2) is 17.4 Å². The van der Waals surface area contributed by atoms with Crippen LogP contribution >= 0.6 is 0 Å². The van der Waals surface area contributed by atoms with Gasteiger partial charge in [-0.05, 0) is 18.6 Å². The summed E-state index contributed by atoms with van der Waals surface area (Å²) in [4.78, 5) is 9.97. The Labute approximate surface area is 91.2 Å². The Bertz CT molecular complexity index is 408. The number of halogens is 2. The number of aryl methyl sites for hydroxylation is 1. The van der Waals surface area contributed by atoms with Crippen molar-refractivity contribution in [2.24, 2.45) is 5.73 Å². The van der Waals surface area contributed by atoms with Crippen molar-refractivity contribution >= 4 is 5.69 Å². The van der Waals surface area contributed by atoms with E-state index < -0.39 is 23.8 Å². The topological polar surface area (TPSA) is 69.2 Å². The summed E-state index contributed by atoms with van der Waals surface area (Å²) in [5.41, 5.74) is 5.56. The fourth-order valence-corrected chi connectivity index (χ4v) is 1.40. The highest BCUT2D eigenvalue weighted by Gasteiger charge is 2.27. The molecule has 16 heavy (non-hydrogen) atoms. The monoisotopic (exact) mass is 230 g/mol. The van der Waals surface area contributed by atoms with Crippen LogP contribution in [-0.2, 0) is 6.42 Å². The van der Waals surface area contributed by atoms with Crippen molar-refractivity contribution < 1.29 is 13.7 Å². The second-order valence-electron chi connectivity index (χ2n) is 3.61. The van der Waals surface area contributed by atoms with Crippen molar-refractivity contribution in [3.05, 3.63) is 39.4 Å². The summed E-state index contributed by atoms with van der Waals surface area (Å²) < 4.78 is 25.9. The molecule has 0 spiro atoms. The smallest absolute Gasteiger partial charge is 0.272 e. The van der Waals surface area contributed by atoms with Gasteiger partial charge >= 0.3 is 0 Å². The quantitative estimate of drug-likeness (QED) is 0.635. The van der Waals surface area contributed by atoms with E-state index in [1.807, 2.05) is 0 Å². The molecule has 0 bridgehead atoms. The Morgan fingerprint density at radius 1 is 1.50 bits per heavy atom.